The van der Waals surface area contributed by atoms with Gasteiger partial charge in [-0.25, -0.2) is 4.79 Å². The molecule has 0 fully saturated rings. The molecule has 130 valence electrons. The minimum Gasteiger partial charge on any atom is -0.466 e. The van der Waals surface area contributed by atoms with Crippen molar-refractivity contribution in [3.63, 3.8) is 0 Å². The molecule has 7 nitrogen and oxygen atoms in total. The van der Waals surface area contributed by atoms with E-state index in [1.165, 1.54) is 12.0 Å². The minimum atomic E-state index is -0.546. The van der Waals surface area contributed by atoms with Crippen molar-refractivity contribution in [2.45, 2.75) is 6.54 Å². The first-order chi connectivity index (χ1) is 11.5. The Morgan fingerprint density at radius 1 is 1.33 bits per heavy atom. The van der Waals surface area contributed by atoms with E-state index in [-0.39, 0.29) is 36.9 Å². The molecule has 2 N–H and O–H groups in total. The number of ether oxygens (including phenoxy) is 1. The molecule has 1 aromatic rings. The quantitative estimate of drug-likeness (QED) is 0.704. The van der Waals surface area contributed by atoms with Gasteiger partial charge >= 0.3 is 5.97 Å². The molecular weight excluding hydrogens is 310 g/mol. The summed E-state index contributed by atoms with van der Waals surface area (Å²) in [5.74, 6) is -0.864. The van der Waals surface area contributed by atoms with Gasteiger partial charge in [-0.1, -0.05) is 12.1 Å². The van der Waals surface area contributed by atoms with Gasteiger partial charge in [0, 0.05) is 18.8 Å². The molecule has 0 spiro atoms. The summed E-state index contributed by atoms with van der Waals surface area (Å²) in [6, 6.07) is 7.66. The number of amides is 1. The van der Waals surface area contributed by atoms with Crippen LogP contribution in [0.3, 0.4) is 0 Å². The molecule has 1 aromatic carbocycles. The van der Waals surface area contributed by atoms with Gasteiger partial charge in [0.15, 0.2) is 0 Å². The van der Waals surface area contributed by atoms with Gasteiger partial charge < -0.3 is 25.0 Å². The number of nitrogens with one attached hydrogen (secondary N) is 1. The summed E-state index contributed by atoms with van der Waals surface area (Å²) < 4.78 is 4.76. The first-order valence-electron chi connectivity index (χ1n) is 7.68. The van der Waals surface area contributed by atoms with E-state index in [0.717, 1.165) is 12.1 Å². The number of nitrogens with zero attached hydrogens (tertiary/aromatic N) is 2. The maximum absolute atomic E-state index is 12.4. The standard InChI is InChI=1S/C17H23N3O4/c1-19(2)10-12-4-6-13(7-5-12)18-15-14(17(23)24-3)11-20(8-9-21)16(15)22/h4-7,18,21H,8-11H2,1-3H3. The van der Waals surface area contributed by atoms with Crippen molar-refractivity contribution in [3.8, 4) is 0 Å². The number of hydrogen-bond donors (Lipinski definition) is 2. The zero-order valence-corrected chi connectivity index (χ0v) is 14.2. The Hall–Kier alpha value is -2.38. The highest BCUT2D eigenvalue weighted by Gasteiger charge is 2.34. The molecule has 7 heteroatoms. The maximum Gasteiger partial charge on any atom is 0.337 e. The third-order valence-electron chi connectivity index (χ3n) is 3.68. The first-order valence-corrected chi connectivity index (χ1v) is 7.68. The number of esters is 1. The summed E-state index contributed by atoms with van der Waals surface area (Å²) in [5, 5.41) is 12.1. The van der Waals surface area contributed by atoms with E-state index in [1.807, 2.05) is 38.4 Å². The van der Waals surface area contributed by atoms with Crippen LogP contribution in [0.4, 0.5) is 5.69 Å². The van der Waals surface area contributed by atoms with Crippen molar-refractivity contribution < 1.29 is 19.4 Å². The molecule has 1 amide bonds. The molecule has 0 saturated heterocycles. The summed E-state index contributed by atoms with van der Waals surface area (Å²) >= 11 is 0. The second-order valence-electron chi connectivity index (χ2n) is 5.86. The van der Waals surface area contributed by atoms with Gasteiger partial charge in [-0.05, 0) is 31.8 Å². The van der Waals surface area contributed by atoms with Crippen LogP contribution in [0.1, 0.15) is 5.56 Å². The molecule has 0 aliphatic carbocycles. The van der Waals surface area contributed by atoms with E-state index in [4.69, 9.17) is 9.84 Å². The summed E-state index contributed by atoms with van der Waals surface area (Å²) in [7, 11) is 5.27. The average molecular weight is 333 g/mol. The highest BCUT2D eigenvalue weighted by atomic mass is 16.5. The van der Waals surface area contributed by atoms with Gasteiger partial charge in [0.1, 0.15) is 5.70 Å². The number of carbonyl (C=O) groups excluding carboxylic acids is 2. The number of rotatable bonds is 7. The largest absolute Gasteiger partial charge is 0.466 e. The van der Waals surface area contributed by atoms with Gasteiger partial charge in [-0.2, -0.15) is 0 Å². The summed E-state index contributed by atoms with van der Waals surface area (Å²) in [6.07, 6.45) is 0. The van der Waals surface area contributed by atoms with E-state index in [0.29, 0.717) is 5.69 Å². The fourth-order valence-corrected chi connectivity index (χ4v) is 2.55. The second kappa shape index (κ2) is 7.94. The number of hydrogen-bond acceptors (Lipinski definition) is 6. The fraction of sp³-hybridized carbons (Fsp3) is 0.412. The van der Waals surface area contributed by atoms with E-state index in [1.54, 1.807) is 0 Å². The van der Waals surface area contributed by atoms with Crippen LogP contribution in [0.5, 0.6) is 0 Å². The number of methoxy groups -OCH3 is 1. The van der Waals surface area contributed by atoms with Crippen molar-refractivity contribution in [2.75, 3.05) is 46.2 Å². The monoisotopic (exact) mass is 333 g/mol. The molecule has 1 aliphatic rings. The van der Waals surface area contributed by atoms with Crippen LogP contribution >= 0.6 is 0 Å². The Morgan fingerprint density at radius 2 is 2.00 bits per heavy atom. The van der Waals surface area contributed by atoms with Crippen LogP contribution in [0, 0.1) is 0 Å². The summed E-state index contributed by atoms with van der Waals surface area (Å²) in [4.78, 5) is 27.8. The molecule has 24 heavy (non-hydrogen) atoms. The third kappa shape index (κ3) is 4.12. The number of carbonyl (C=O) groups is 2. The predicted octanol–water partition coefficient (Wildman–Crippen LogP) is 0.422. The van der Waals surface area contributed by atoms with Crippen molar-refractivity contribution in [3.05, 3.63) is 41.1 Å². The highest BCUT2D eigenvalue weighted by molar-refractivity contribution is 6.08. The maximum atomic E-state index is 12.4. The van der Waals surface area contributed by atoms with Gasteiger partial charge in [-0.15, -0.1) is 0 Å². The van der Waals surface area contributed by atoms with Gasteiger partial charge in [0.2, 0.25) is 0 Å². The lowest BCUT2D eigenvalue weighted by Gasteiger charge is -2.15. The van der Waals surface area contributed by atoms with Gasteiger partial charge in [0.05, 0.1) is 25.8 Å². The molecule has 0 radical (unpaired) electrons. The highest BCUT2D eigenvalue weighted by Crippen LogP contribution is 2.23. The Bertz CT molecular complexity index is 638. The normalized spacial score (nSPS) is 14.5. The minimum absolute atomic E-state index is 0.132. The SMILES string of the molecule is COC(=O)C1=C(Nc2ccc(CN(C)C)cc2)C(=O)N(CCO)C1. The van der Waals surface area contributed by atoms with Crippen molar-refractivity contribution >= 4 is 17.6 Å². The molecule has 0 aromatic heterocycles. The van der Waals surface area contributed by atoms with E-state index in [9.17, 15) is 9.59 Å². The lowest BCUT2D eigenvalue weighted by atomic mass is 10.2. The lowest BCUT2D eigenvalue weighted by Crippen LogP contribution is -2.31. The van der Waals surface area contributed by atoms with E-state index >= 15 is 0 Å². The predicted molar refractivity (Wildman–Crippen MR) is 90.2 cm³/mol. The number of aliphatic hydroxyl groups is 1. The number of β-amino-alcohol motifs (C(OH)–C–C–N with tert-alkyl or cyclic N) is 1. The Balaban J connectivity index is 2.20. The Morgan fingerprint density at radius 3 is 2.54 bits per heavy atom. The Kier molecular flexibility index (Phi) is 5.94. The molecule has 2 rings (SSSR count). The van der Waals surface area contributed by atoms with Crippen LogP contribution in [0.25, 0.3) is 0 Å². The van der Waals surface area contributed by atoms with Crippen LogP contribution in [0.2, 0.25) is 0 Å². The molecular formula is C17H23N3O4. The Labute approximate surface area is 141 Å². The smallest absolute Gasteiger partial charge is 0.337 e. The molecule has 0 unspecified atom stereocenters. The van der Waals surface area contributed by atoms with E-state index in [2.05, 4.69) is 10.2 Å². The van der Waals surface area contributed by atoms with Gasteiger partial charge in [0.25, 0.3) is 5.91 Å². The molecule has 1 aliphatic heterocycles. The van der Waals surface area contributed by atoms with Crippen LogP contribution in [-0.4, -0.2) is 67.7 Å². The summed E-state index contributed by atoms with van der Waals surface area (Å²) in [6.45, 7) is 0.964. The van der Waals surface area contributed by atoms with Gasteiger partial charge in [-0.3, -0.25) is 4.79 Å². The van der Waals surface area contributed by atoms with Crippen LogP contribution < -0.4 is 5.32 Å². The van der Waals surface area contributed by atoms with Crippen molar-refractivity contribution in [1.29, 1.82) is 0 Å². The molecule has 1 heterocycles. The molecule has 0 bridgehead atoms. The van der Waals surface area contributed by atoms with Crippen LogP contribution in [0.15, 0.2) is 35.5 Å². The average Bonchev–Trinajstić information content (AvgIpc) is 2.85. The third-order valence-corrected chi connectivity index (χ3v) is 3.68. The number of benzene rings is 1. The van der Waals surface area contributed by atoms with Crippen LogP contribution in [-0.2, 0) is 20.9 Å². The fourth-order valence-electron chi connectivity index (χ4n) is 2.55. The molecule has 0 saturated carbocycles. The van der Waals surface area contributed by atoms with Crippen molar-refractivity contribution in [1.82, 2.24) is 9.80 Å². The molecule has 0 atom stereocenters. The lowest BCUT2D eigenvalue weighted by molar-refractivity contribution is -0.136. The second-order valence-corrected chi connectivity index (χ2v) is 5.86. The zero-order chi connectivity index (χ0) is 17.7. The first kappa shape index (κ1) is 18.0. The number of anilines is 1. The topological polar surface area (TPSA) is 82.1 Å². The number of aliphatic hydroxyl groups excluding tert-OH is 1. The zero-order valence-electron chi connectivity index (χ0n) is 14.2. The van der Waals surface area contributed by atoms with Crippen molar-refractivity contribution in [2.24, 2.45) is 0 Å². The van der Waals surface area contributed by atoms with E-state index < -0.39 is 5.97 Å². The summed E-state index contributed by atoms with van der Waals surface area (Å²) in [5.41, 5.74) is 2.34.